The van der Waals surface area contributed by atoms with Crippen LogP contribution in [0.5, 0.6) is 0 Å². The molecule has 1 saturated carbocycles. The molecule has 1 heterocycles. The molecule has 27 heavy (non-hydrogen) atoms. The zero-order valence-electron chi connectivity index (χ0n) is 15.9. The summed E-state index contributed by atoms with van der Waals surface area (Å²) in [5.74, 6) is 0.150. The Morgan fingerprint density at radius 3 is 2.22 bits per heavy atom. The van der Waals surface area contributed by atoms with Gasteiger partial charge in [0.15, 0.2) is 0 Å². The first-order chi connectivity index (χ1) is 12.9. The molecule has 1 aromatic rings. The van der Waals surface area contributed by atoms with E-state index >= 15 is 0 Å². The summed E-state index contributed by atoms with van der Waals surface area (Å²) in [6.45, 7) is 3.58. The van der Waals surface area contributed by atoms with Gasteiger partial charge in [0.25, 0.3) is 0 Å². The second kappa shape index (κ2) is 8.93. The van der Waals surface area contributed by atoms with Crippen LogP contribution in [0.15, 0.2) is 29.2 Å². The monoisotopic (exact) mass is 412 g/mol. The van der Waals surface area contributed by atoms with Crippen molar-refractivity contribution in [2.75, 3.05) is 19.6 Å². The van der Waals surface area contributed by atoms with Crippen molar-refractivity contribution >= 4 is 27.5 Å². The molecule has 7 heteroatoms. The number of carbonyl (C=O) groups excluding carboxylic acids is 1. The van der Waals surface area contributed by atoms with Crippen LogP contribution in [0, 0.1) is 5.92 Å². The van der Waals surface area contributed by atoms with Crippen LogP contribution in [0.4, 0.5) is 0 Å². The standard InChI is InChI=1S/C20H29ClN2O3S/c1-2-23(18-6-4-3-5-7-18)20(24)16-12-14-22(15-13-16)27(25,26)19-10-8-17(21)9-11-19/h8-11,16,18H,2-7,12-15H2,1H3. The first-order valence-corrected chi connectivity index (χ1v) is 11.8. The second-order valence-electron chi connectivity index (χ2n) is 7.55. The number of carbonyl (C=O) groups is 1. The van der Waals surface area contributed by atoms with Crippen molar-refractivity contribution in [2.24, 2.45) is 5.92 Å². The van der Waals surface area contributed by atoms with Crippen LogP contribution in [0.3, 0.4) is 0 Å². The van der Waals surface area contributed by atoms with Gasteiger partial charge in [-0.05, 0) is 56.9 Å². The van der Waals surface area contributed by atoms with E-state index in [0.29, 0.717) is 37.0 Å². The number of hydrogen-bond acceptors (Lipinski definition) is 3. The van der Waals surface area contributed by atoms with Crippen LogP contribution in [0.1, 0.15) is 51.9 Å². The number of benzene rings is 1. The maximum absolute atomic E-state index is 13.0. The normalized spacial score (nSPS) is 20.5. The van der Waals surface area contributed by atoms with Crippen LogP contribution in [0.2, 0.25) is 5.02 Å². The molecule has 1 aliphatic carbocycles. The van der Waals surface area contributed by atoms with Crippen LogP contribution < -0.4 is 0 Å². The molecule has 1 aliphatic heterocycles. The number of amides is 1. The van der Waals surface area contributed by atoms with Crippen molar-refractivity contribution in [1.82, 2.24) is 9.21 Å². The molecule has 0 unspecified atom stereocenters. The van der Waals surface area contributed by atoms with E-state index in [9.17, 15) is 13.2 Å². The number of piperidine rings is 1. The quantitative estimate of drug-likeness (QED) is 0.736. The summed E-state index contributed by atoms with van der Waals surface area (Å²) in [5, 5.41) is 0.514. The van der Waals surface area contributed by atoms with E-state index in [1.807, 2.05) is 11.8 Å². The summed E-state index contributed by atoms with van der Waals surface area (Å²) >= 11 is 5.86. The molecule has 2 fully saturated rings. The van der Waals surface area contributed by atoms with Gasteiger partial charge in [0.1, 0.15) is 0 Å². The smallest absolute Gasteiger partial charge is 0.243 e. The molecule has 0 bridgehead atoms. The van der Waals surface area contributed by atoms with Gasteiger partial charge in [0.05, 0.1) is 4.90 Å². The maximum atomic E-state index is 13.0. The molecule has 3 rings (SSSR count). The Kier molecular flexibility index (Phi) is 6.82. The Hall–Kier alpha value is -1.11. The third kappa shape index (κ3) is 4.66. The molecule has 5 nitrogen and oxygen atoms in total. The minimum atomic E-state index is -3.52. The molecule has 0 atom stereocenters. The van der Waals surface area contributed by atoms with Crippen molar-refractivity contribution < 1.29 is 13.2 Å². The first-order valence-electron chi connectivity index (χ1n) is 9.99. The maximum Gasteiger partial charge on any atom is 0.243 e. The lowest BCUT2D eigenvalue weighted by atomic mass is 9.91. The Morgan fingerprint density at radius 2 is 1.67 bits per heavy atom. The van der Waals surface area contributed by atoms with E-state index in [4.69, 9.17) is 11.6 Å². The topological polar surface area (TPSA) is 57.7 Å². The first kappa shape index (κ1) is 20.6. The minimum Gasteiger partial charge on any atom is -0.340 e. The molecule has 0 radical (unpaired) electrons. The fourth-order valence-electron chi connectivity index (χ4n) is 4.32. The SMILES string of the molecule is CCN(C(=O)C1CCN(S(=O)(=O)c2ccc(Cl)cc2)CC1)C1CCCCC1. The van der Waals surface area contributed by atoms with Crippen molar-refractivity contribution in [3.8, 4) is 0 Å². The molecule has 1 amide bonds. The lowest BCUT2D eigenvalue weighted by Gasteiger charge is -2.38. The van der Waals surface area contributed by atoms with Crippen LogP contribution in [-0.4, -0.2) is 49.2 Å². The van der Waals surface area contributed by atoms with Gasteiger partial charge in [-0.3, -0.25) is 4.79 Å². The Bertz CT molecular complexity index is 737. The van der Waals surface area contributed by atoms with Gasteiger partial charge in [0.2, 0.25) is 15.9 Å². The predicted octanol–water partition coefficient (Wildman–Crippen LogP) is 3.92. The van der Waals surface area contributed by atoms with Crippen molar-refractivity contribution in [3.05, 3.63) is 29.3 Å². The summed E-state index contributed by atoms with van der Waals surface area (Å²) in [5.41, 5.74) is 0. The molecule has 0 spiro atoms. The third-order valence-electron chi connectivity index (χ3n) is 5.89. The number of hydrogen-bond donors (Lipinski definition) is 0. The zero-order chi connectivity index (χ0) is 19.4. The van der Waals surface area contributed by atoms with Crippen molar-refractivity contribution in [3.63, 3.8) is 0 Å². The highest BCUT2D eigenvalue weighted by Crippen LogP contribution is 2.29. The summed E-state index contributed by atoms with van der Waals surface area (Å²) < 4.78 is 27.1. The van der Waals surface area contributed by atoms with Crippen molar-refractivity contribution in [1.29, 1.82) is 0 Å². The Morgan fingerprint density at radius 1 is 1.07 bits per heavy atom. The second-order valence-corrected chi connectivity index (χ2v) is 9.92. The molecule has 150 valence electrons. The number of rotatable bonds is 5. The van der Waals surface area contributed by atoms with E-state index in [1.54, 1.807) is 12.1 Å². The molecule has 1 aromatic carbocycles. The van der Waals surface area contributed by atoms with E-state index in [-0.39, 0.29) is 16.7 Å². The Labute approximate surface area is 167 Å². The molecule has 0 aromatic heterocycles. The lowest BCUT2D eigenvalue weighted by Crippen LogP contribution is -2.48. The van der Waals surface area contributed by atoms with Crippen LogP contribution in [-0.2, 0) is 14.8 Å². The van der Waals surface area contributed by atoms with Gasteiger partial charge < -0.3 is 4.90 Å². The minimum absolute atomic E-state index is 0.0662. The third-order valence-corrected chi connectivity index (χ3v) is 8.06. The molecule has 1 saturated heterocycles. The Balaban J connectivity index is 1.62. The molecular weight excluding hydrogens is 384 g/mol. The van der Waals surface area contributed by atoms with Crippen molar-refractivity contribution in [2.45, 2.75) is 62.8 Å². The number of nitrogens with zero attached hydrogens (tertiary/aromatic N) is 2. The van der Waals surface area contributed by atoms with Gasteiger partial charge in [-0.15, -0.1) is 0 Å². The van der Waals surface area contributed by atoms with E-state index in [1.165, 1.54) is 35.7 Å². The average Bonchev–Trinajstić information content (AvgIpc) is 2.70. The van der Waals surface area contributed by atoms with Gasteiger partial charge in [0, 0.05) is 36.6 Å². The van der Waals surface area contributed by atoms with Gasteiger partial charge in [-0.2, -0.15) is 4.31 Å². The molecule has 0 N–H and O–H groups in total. The summed E-state index contributed by atoms with van der Waals surface area (Å²) in [7, 11) is -3.52. The van der Waals surface area contributed by atoms with E-state index < -0.39 is 10.0 Å². The highest BCUT2D eigenvalue weighted by molar-refractivity contribution is 7.89. The van der Waals surface area contributed by atoms with E-state index in [2.05, 4.69) is 0 Å². The average molecular weight is 413 g/mol. The molecular formula is C20H29ClN2O3S. The highest BCUT2D eigenvalue weighted by Gasteiger charge is 2.35. The predicted molar refractivity (Wildman–Crippen MR) is 107 cm³/mol. The number of halogens is 1. The summed E-state index contributed by atoms with van der Waals surface area (Å²) in [6, 6.07) is 6.63. The lowest BCUT2D eigenvalue weighted by molar-refractivity contribution is -0.139. The van der Waals surface area contributed by atoms with Crippen LogP contribution in [0.25, 0.3) is 0 Å². The van der Waals surface area contributed by atoms with Gasteiger partial charge >= 0.3 is 0 Å². The van der Waals surface area contributed by atoms with E-state index in [0.717, 1.165) is 19.4 Å². The van der Waals surface area contributed by atoms with Gasteiger partial charge in [-0.1, -0.05) is 30.9 Å². The molecule has 2 aliphatic rings. The highest BCUT2D eigenvalue weighted by atomic mass is 35.5. The van der Waals surface area contributed by atoms with Crippen LogP contribution >= 0.6 is 11.6 Å². The fourth-order valence-corrected chi connectivity index (χ4v) is 5.92. The summed E-state index contributed by atoms with van der Waals surface area (Å²) in [6.07, 6.45) is 7.05. The summed E-state index contributed by atoms with van der Waals surface area (Å²) in [4.78, 5) is 15.3. The zero-order valence-corrected chi connectivity index (χ0v) is 17.5. The van der Waals surface area contributed by atoms with Gasteiger partial charge in [-0.25, -0.2) is 8.42 Å². The largest absolute Gasteiger partial charge is 0.340 e. The fraction of sp³-hybridized carbons (Fsp3) is 0.650. The number of sulfonamides is 1.